The molecule has 0 spiro atoms. The van der Waals surface area contributed by atoms with E-state index in [0.29, 0.717) is 6.54 Å². The number of anilines is 1. The molecule has 19 heavy (non-hydrogen) atoms. The first kappa shape index (κ1) is 14.7. The topological polar surface area (TPSA) is 29.3 Å². The SMILES string of the molecule is CC(C)C1CCN(c2ccc(Cl)cc2CCN)CC1. The third kappa shape index (κ3) is 3.64. The molecule has 1 aromatic rings. The number of nitrogens with two attached hydrogens (primary N) is 1. The summed E-state index contributed by atoms with van der Waals surface area (Å²) in [4.78, 5) is 2.50. The summed E-state index contributed by atoms with van der Waals surface area (Å²) in [6.45, 7) is 7.66. The number of rotatable bonds is 4. The van der Waals surface area contributed by atoms with E-state index in [1.165, 1.54) is 24.1 Å². The van der Waals surface area contributed by atoms with Gasteiger partial charge in [-0.3, -0.25) is 0 Å². The molecule has 1 fully saturated rings. The second kappa shape index (κ2) is 6.62. The van der Waals surface area contributed by atoms with Crippen molar-refractivity contribution >= 4 is 17.3 Å². The van der Waals surface area contributed by atoms with E-state index in [9.17, 15) is 0 Å². The van der Waals surface area contributed by atoms with Gasteiger partial charge in [-0.05, 0) is 61.4 Å². The van der Waals surface area contributed by atoms with Gasteiger partial charge in [0.1, 0.15) is 0 Å². The lowest BCUT2D eigenvalue weighted by Crippen LogP contribution is -2.35. The van der Waals surface area contributed by atoms with Crippen LogP contribution in [0.5, 0.6) is 0 Å². The molecule has 1 aromatic carbocycles. The molecule has 0 unspecified atom stereocenters. The van der Waals surface area contributed by atoms with E-state index in [-0.39, 0.29) is 0 Å². The molecular weight excluding hydrogens is 256 g/mol. The molecule has 0 bridgehead atoms. The Morgan fingerprint density at radius 3 is 2.58 bits per heavy atom. The molecule has 1 heterocycles. The zero-order chi connectivity index (χ0) is 13.8. The van der Waals surface area contributed by atoms with Gasteiger partial charge in [-0.15, -0.1) is 0 Å². The zero-order valence-corrected chi connectivity index (χ0v) is 12.8. The molecule has 0 aliphatic carbocycles. The summed E-state index contributed by atoms with van der Waals surface area (Å²) in [6.07, 6.45) is 3.49. The van der Waals surface area contributed by atoms with Crippen molar-refractivity contribution in [1.82, 2.24) is 0 Å². The van der Waals surface area contributed by atoms with Crippen molar-refractivity contribution in [3.8, 4) is 0 Å². The Morgan fingerprint density at radius 2 is 2.00 bits per heavy atom. The molecule has 0 saturated carbocycles. The Hall–Kier alpha value is -0.730. The summed E-state index contributed by atoms with van der Waals surface area (Å²) in [5, 5.41) is 0.810. The summed E-state index contributed by atoms with van der Waals surface area (Å²) in [5.74, 6) is 1.68. The molecule has 0 radical (unpaired) electrons. The number of benzene rings is 1. The van der Waals surface area contributed by atoms with E-state index < -0.39 is 0 Å². The highest BCUT2D eigenvalue weighted by molar-refractivity contribution is 6.30. The molecular formula is C16H25ClN2. The minimum atomic E-state index is 0.676. The second-order valence-electron chi connectivity index (χ2n) is 5.88. The van der Waals surface area contributed by atoms with Crippen LogP contribution in [0, 0.1) is 11.8 Å². The van der Waals surface area contributed by atoms with Crippen LogP contribution in [-0.2, 0) is 6.42 Å². The number of piperidine rings is 1. The molecule has 0 amide bonds. The van der Waals surface area contributed by atoms with Gasteiger partial charge in [0.15, 0.2) is 0 Å². The molecule has 0 atom stereocenters. The Labute approximate surface area is 121 Å². The molecule has 1 aliphatic heterocycles. The van der Waals surface area contributed by atoms with Crippen LogP contribution in [0.4, 0.5) is 5.69 Å². The molecule has 0 aromatic heterocycles. The van der Waals surface area contributed by atoms with Crippen LogP contribution in [0.2, 0.25) is 5.02 Å². The van der Waals surface area contributed by atoms with Gasteiger partial charge in [0, 0.05) is 23.8 Å². The van der Waals surface area contributed by atoms with Crippen molar-refractivity contribution in [2.45, 2.75) is 33.1 Å². The first-order valence-electron chi connectivity index (χ1n) is 7.35. The molecule has 3 heteroatoms. The van der Waals surface area contributed by atoms with E-state index in [1.807, 2.05) is 6.07 Å². The fourth-order valence-electron chi connectivity index (χ4n) is 3.03. The Bertz CT molecular complexity index is 409. The van der Waals surface area contributed by atoms with Crippen molar-refractivity contribution in [2.24, 2.45) is 17.6 Å². The van der Waals surface area contributed by atoms with Crippen LogP contribution in [0.1, 0.15) is 32.3 Å². The van der Waals surface area contributed by atoms with Crippen molar-refractivity contribution in [1.29, 1.82) is 0 Å². The third-order valence-corrected chi connectivity index (χ3v) is 4.51. The highest BCUT2D eigenvalue weighted by Gasteiger charge is 2.22. The average Bonchev–Trinajstić information content (AvgIpc) is 2.39. The van der Waals surface area contributed by atoms with Crippen LogP contribution < -0.4 is 10.6 Å². The monoisotopic (exact) mass is 280 g/mol. The largest absolute Gasteiger partial charge is 0.371 e. The van der Waals surface area contributed by atoms with E-state index in [0.717, 1.165) is 36.4 Å². The fourth-order valence-corrected chi connectivity index (χ4v) is 3.22. The summed E-state index contributed by atoms with van der Waals surface area (Å²) < 4.78 is 0. The van der Waals surface area contributed by atoms with Crippen molar-refractivity contribution < 1.29 is 0 Å². The molecule has 106 valence electrons. The van der Waals surface area contributed by atoms with Gasteiger partial charge in [-0.25, -0.2) is 0 Å². The molecule has 1 saturated heterocycles. The van der Waals surface area contributed by atoms with Gasteiger partial charge >= 0.3 is 0 Å². The lowest BCUT2D eigenvalue weighted by atomic mass is 9.86. The van der Waals surface area contributed by atoms with Crippen LogP contribution >= 0.6 is 11.6 Å². The number of halogens is 1. The van der Waals surface area contributed by atoms with Crippen LogP contribution in [0.3, 0.4) is 0 Å². The van der Waals surface area contributed by atoms with E-state index in [2.05, 4.69) is 30.9 Å². The third-order valence-electron chi connectivity index (χ3n) is 4.28. The molecule has 2 nitrogen and oxygen atoms in total. The molecule has 2 N–H and O–H groups in total. The maximum atomic E-state index is 6.10. The Balaban J connectivity index is 2.10. The minimum absolute atomic E-state index is 0.676. The van der Waals surface area contributed by atoms with Gasteiger partial charge < -0.3 is 10.6 Å². The zero-order valence-electron chi connectivity index (χ0n) is 12.0. The maximum Gasteiger partial charge on any atom is 0.0410 e. The standard InChI is InChI=1S/C16H25ClN2/c1-12(2)13-6-9-19(10-7-13)16-4-3-15(17)11-14(16)5-8-18/h3-4,11-13H,5-10,18H2,1-2H3. The quantitative estimate of drug-likeness (QED) is 0.911. The summed E-state index contributed by atoms with van der Waals surface area (Å²) in [7, 11) is 0. The van der Waals surface area contributed by atoms with Gasteiger partial charge in [0.05, 0.1) is 0 Å². The number of nitrogens with zero attached hydrogens (tertiary/aromatic N) is 1. The van der Waals surface area contributed by atoms with Crippen molar-refractivity contribution in [2.75, 3.05) is 24.5 Å². The highest BCUT2D eigenvalue weighted by Crippen LogP contribution is 2.31. The summed E-state index contributed by atoms with van der Waals surface area (Å²) >= 11 is 6.10. The van der Waals surface area contributed by atoms with Gasteiger partial charge in [-0.1, -0.05) is 25.4 Å². The predicted octanol–water partition coefficient (Wildman–Crippen LogP) is 3.71. The summed E-state index contributed by atoms with van der Waals surface area (Å²) in [6, 6.07) is 6.22. The van der Waals surface area contributed by atoms with E-state index in [4.69, 9.17) is 17.3 Å². The smallest absolute Gasteiger partial charge is 0.0410 e. The minimum Gasteiger partial charge on any atom is -0.371 e. The lowest BCUT2D eigenvalue weighted by molar-refractivity contribution is 0.311. The normalized spacial score (nSPS) is 17.2. The van der Waals surface area contributed by atoms with Crippen LogP contribution in [0.25, 0.3) is 0 Å². The fraction of sp³-hybridized carbons (Fsp3) is 0.625. The Morgan fingerprint density at radius 1 is 1.32 bits per heavy atom. The van der Waals surface area contributed by atoms with E-state index >= 15 is 0 Å². The molecule has 2 rings (SSSR count). The highest BCUT2D eigenvalue weighted by atomic mass is 35.5. The second-order valence-corrected chi connectivity index (χ2v) is 6.32. The van der Waals surface area contributed by atoms with Crippen LogP contribution in [0.15, 0.2) is 18.2 Å². The average molecular weight is 281 g/mol. The van der Waals surface area contributed by atoms with Gasteiger partial charge in [0.2, 0.25) is 0 Å². The van der Waals surface area contributed by atoms with Crippen LogP contribution in [-0.4, -0.2) is 19.6 Å². The number of hydrogen-bond donors (Lipinski definition) is 1. The first-order valence-corrected chi connectivity index (χ1v) is 7.73. The van der Waals surface area contributed by atoms with Crippen molar-refractivity contribution in [3.05, 3.63) is 28.8 Å². The van der Waals surface area contributed by atoms with Gasteiger partial charge in [-0.2, -0.15) is 0 Å². The maximum absolute atomic E-state index is 6.10. The van der Waals surface area contributed by atoms with Crippen molar-refractivity contribution in [3.63, 3.8) is 0 Å². The Kier molecular flexibility index (Phi) is 5.12. The predicted molar refractivity (Wildman–Crippen MR) is 84.0 cm³/mol. The van der Waals surface area contributed by atoms with E-state index in [1.54, 1.807) is 0 Å². The molecule has 1 aliphatic rings. The first-order chi connectivity index (χ1) is 9.11. The summed E-state index contributed by atoms with van der Waals surface area (Å²) in [5.41, 5.74) is 8.33. The van der Waals surface area contributed by atoms with Gasteiger partial charge in [0.25, 0.3) is 0 Å². The lowest BCUT2D eigenvalue weighted by Gasteiger charge is -2.36. The number of hydrogen-bond acceptors (Lipinski definition) is 2.